The van der Waals surface area contributed by atoms with Crippen LogP contribution in [-0.2, 0) is 13.8 Å². The molecule has 1 heterocycles. The maximum atomic E-state index is 6.45. The highest BCUT2D eigenvalue weighted by Gasteiger charge is 2.41. The van der Waals surface area contributed by atoms with Gasteiger partial charge in [-0.1, -0.05) is 54.1 Å². The maximum Gasteiger partial charge on any atom is 0.215 e. The van der Waals surface area contributed by atoms with Crippen molar-refractivity contribution in [3.05, 3.63) is 76.8 Å². The Morgan fingerprint density at radius 2 is 1.38 bits per heavy atom. The third-order valence-corrected chi connectivity index (χ3v) is 5.84. The van der Waals surface area contributed by atoms with Gasteiger partial charge in [-0.05, 0) is 68.3 Å². The fourth-order valence-corrected chi connectivity index (χ4v) is 4.60. The van der Waals surface area contributed by atoms with Crippen molar-refractivity contribution in [2.75, 3.05) is 0 Å². The summed E-state index contributed by atoms with van der Waals surface area (Å²) in [5, 5.41) is 2.36. The minimum Gasteiger partial charge on any atom is -0.469 e. The van der Waals surface area contributed by atoms with E-state index in [0.29, 0.717) is 5.02 Å². The van der Waals surface area contributed by atoms with Crippen LogP contribution >= 0.6 is 11.6 Å². The van der Waals surface area contributed by atoms with Gasteiger partial charge < -0.3 is 13.8 Å². The molecule has 0 fully saturated rings. The second-order valence-electron chi connectivity index (χ2n) is 9.18. The van der Waals surface area contributed by atoms with Crippen LogP contribution in [0.15, 0.2) is 60.7 Å². The molecule has 2 aromatic carbocycles. The van der Waals surface area contributed by atoms with E-state index in [-0.39, 0.29) is 5.92 Å². The zero-order valence-electron chi connectivity index (χ0n) is 18.0. The van der Waals surface area contributed by atoms with Gasteiger partial charge in [-0.2, -0.15) is 0 Å². The Morgan fingerprint density at radius 3 is 1.90 bits per heavy atom. The van der Waals surface area contributed by atoms with Gasteiger partial charge in [0, 0.05) is 10.6 Å². The van der Waals surface area contributed by atoms with Crippen molar-refractivity contribution in [3.8, 4) is 0 Å². The molecule has 0 saturated heterocycles. The Bertz CT molecular complexity index is 829. The summed E-state index contributed by atoms with van der Waals surface area (Å²) in [6.45, 7) is 12.9. The van der Waals surface area contributed by atoms with Crippen molar-refractivity contribution in [2.45, 2.75) is 51.4 Å². The van der Waals surface area contributed by atoms with E-state index in [0.717, 1.165) is 16.9 Å². The molecule has 7 heteroatoms. The predicted molar refractivity (Wildman–Crippen MR) is 124 cm³/mol. The molecule has 0 aromatic heterocycles. The zero-order valence-corrected chi connectivity index (χ0v) is 20.7. The first-order chi connectivity index (χ1) is 13.5. The van der Waals surface area contributed by atoms with E-state index >= 15 is 0 Å². The molecule has 0 amide bonds. The third-order valence-electron chi connectivity index (χ3n) is 4.13. The van der Waals surface area contributed by atoms with Crippen molar-refractivity contribution in [3.63, 3.8) is 0 Å². The van der Waals surface area contributed by atoms with Crippen LogP contribution in [-0.4, -0.2) is 28.1 Å². The molecule has 0 saturated carbocycles. The van der Waals surface area contributed by atoms with Gasteiger partial charge in [-0.15, -0.1) is 0 Å². The first-order valence-corrected chi connectivity index (χ1v) is 17.1. The van der Waals surface area contributed by atoms with Gasteiger partial charge in [0.2, 0.25) is 22.9 Å². The average Bonchev–Trinajstić information content (AvgIpc) is 3.06. The summed E-state index contributed by atoms with van der Waals surface area (Å²) in [4.78, 5) is 0. The van der Waals surface area contributed by atoms with Gasteiger partial charge in [0.15, 0.2) is 0 Å². The number of halogens is 1. The van der Waals surface area contributed by atoms with Crippen LogP contribution in [0.1, 0.15) is 17.0 Å². The van der Waals surface area contributed by atoms with Crippen LogP contribution in [0.25, 0.3) is 5.76 Å². The van der Waals surface area contributed by atoms with Crippen LogP contribution < -0.4 is 0 Å². The molecular formula is C22H30ClNO3Si2. The minimum absolute atomic E-state index is 0.0461. The Labute approximate surface area is 181 Å². The number of hydrogen-bond donors (Lipinski definition) is 0. The van der Waals surface area contributed by atoms with E-state index in [9.17, 15) is 0 Å². The smallest absolute Gasteiger partial charge is 0.215 e. The molecule has 4 nitrogen and oxygen atoms in total. The molecule has 0 unspecified atom stereocenters. The van der Waals surface area contributed by atoms with Crippen LogP contribution in [0.4, 0.5) is 0 Å². The third kappa shape index (κ3) is 6.28. The van der Waals surface area contributed by atoms with Crippen molar-refractivity contribution in [1.29, 1.82) is 0 Å². The first-order valence-electron chi connectivity index (χ1n) is 9.89. The van der Waals surface area contributed by atoms with Gasteiger partial charge in [-0.25, -0.2) is 0 Å². The van der Waals surface area contributed by atoms with Gasteiger partial charge >= 0.3 is 0 Å². The molecule has 156 valence electrons. The lowest BCUT2D eigenvalue weighted by Crippen LogP contribution is -2.50. The first kappa shape index (κ1) is 22.3. The van der Waals surface area contributed by atoms with Crippen molar-refractivity contribution < 1.29 is 13.8 Å². The lowest BCUT2D eigenvalue weighted by molar-refractivity contribution is -0.336. The Kier molecular flexibility index (Phi) is 6.72. The van der Waals surface area contributed by atoms with Gasteiger partial charge in [0.25, 0.3) is 0 Å². The molecule has 29 heavy (non-hydrogen) atoms. The van der Waals surface area contributed by atoms with Crippen molar-refractivity contribution in [1.82, 2.24) is 5.23 Å². The second-order valence-corrected chi connectivity index (χ2v) is 18.4. The van der Waals surface area contributed by atoms with E-state index in [1.165, 1.54) is 0 Å². The zero-order chi connectivity index (χ0) is 21.2. The number of hydroxylamine groups is 2. The van der Waals surface area contributed by atoms with E-state index in [2.05, 4.69) is 57.5 Å². The molecule has 2 aromatic rings. The van der Waals surface area contributed by atoms with Gasteiger partial charge in [0.1, 0.15) is 5.76 Å². The number of benzene rings is 2. The van der Waals surface area contributed by atoms with Gasteiger partial charge in [0.05, 0.1) is 5.92 Å². The maximum absolute atomic E-state index is 6.45. The molecular weight excluding hydrogens is 418 g/mol. The van der Waals surface area contributed by atoms with Crippen molar-refractivity contribution in [2.24, 2.45) is 0 Å². The molecule has 0 aliphatic carbocycles. The molecule has 0 bridgehead atoms. The van der Waals surface area contributed by atoms with Crippen LogP contribution in [0, 0.1) is 0 Å². The van der Waals surface area contributed by atoms with E-state index < -0.39 is 22.9 Å². The highest BCUT2D eigenvalue weighted by molar-refractivity contribution is 6.70. The van der Waals surface area contributed by atoms with Crippen LogP contribution in [0.2, 0.25) is 44.3 Å². The highest BCUT2D eigenvalue weighted by atomic mass is 35.5. The fourth-order valence-electron chi connectivity index (χ4n) is 3.04. The summed E-state index contributed by atoms with van der Waals surface area (Å²) in [5.74, 6) is 0.786. The quantitative estimate of drug-likeness (QED) is 0.351. The van der Waals surface area contributed by atoms with E-state index in [1.807, 2.05) is 42.5 Å². The van der Waals surface area contributed by atoms with Gasteiger partial charge in [-0.3, -0.25) is 0 Å². The summed E-state index contributed by atoms with van der Waals surface area (Å²) in [5.41, 5.74) is 2.14. The number of ether oxygens (including phenoxy) is 1. The average molecular weight is 448 g/mol. The standard InChI is InChI=1S/C22H30ClNO3Si2/c1-28(2,3)26-24(27-29(4,5)6)22-20(17-12-14-19(23)15-13-17)16-21(25-22)18-10-8-7-9-11-18/h7-16,20,22H,1-6H3/t20-,22+/m1/s1. The van der Waals surface area contributed by atoms with E-state index in [1.54, 1.807) is 5.23 Å². The summed E-state index contributed by atoms with van der Waals surface area (Å²) >= 11 is 6.12. The molecule has 0 N–H and O–H groups in total. The molecule has 0 spiro atoms. The predicted octanol–water partition coefficient (Wildman–Crippen LogP) is 6.66. The van der Waals surface area contributed by atoms with Crippen molar-refractivity contribution >= 4 is 34.0 Å². The molecule has 0 radical (unpaired) electrons. The van der Waals surface area contributed by atoms with E-state index in [4.69, 9.17) is 25.4 Å². The Morgan fingerprint density at radius 1 is 0.828 bits per heavy atom. The Hall–Kier alpha value is -1.42. The minimum atomic E-state index is -1.93. The lowest BCUT2D eigenvalue weighted by atomic mass is 9.97. The van der Waals surface area contributed by atoms with Crippen LogP contribution in [0.3, 0.4) is 0 Å². The normalized spacial score (nSPS) is 19.9. The number of rotatable bonds is 7. The fraction of sp³-hybridized carbons (Fsp3) is 0.364. The summed E-state index contributed by atoms with van der Waals surface area (Å²) in [6.07, 6.45) is 1.74. The SMILES string of the molecule is C[Si](C)(C)ON(O[Si](C)(C)C)[C@H]1OC(c2ccccc2)=C[C@@H]1c1ccc(Cl)cc1. The summed E-state index contributed by atoms with van der Waals surface area (Å²) < 4.78 is 19.2. The molecule has 2 atom stereocenters. The number of hydrogen-bond acceptors (Lipinski definition) is 4. The summed E-state index contributed by atoms with van der Waals surface area (Å²) in [6, 6.07) is 18.0. The highest BCUT2D eigenvalue weighted by Crippen LogP contribution is 2.40. The summed E-state index contributed by atoms with van der Waals surface area (Å²) in [7, 11) is -3.86. The molecule has 1 aliphatic heterocycles. The monoisotopic (exact) mass is 447 g/mol. The second kappa shape index (κ2) is 8.75. The molecule has 1 aliphatic rings. The lowest BCUT2D eigenvalue weighted by Gasteiger charge is -2.38. The number of nitrogens with zero attached hydrogens (tertiary/aromatic N) is 1. The topological polar surface area (TPSA) is 30.9 Å². The molecule has 3 rings (SSSR count). The Balaban J connectivity index is 1.99. The largest absolute Gasteiger partial charge is 0.469 e. The van der Waals surface area contributed by atoms with Crippen LogP contribution in [0.5, 0.6) is 0 Å².